The highest BCUT2D eigenvalue weighted by molar-refractivity contribution is 7.80. The molecule has 0 saturated heterocycles. The maximum absolute atomic E-state index is 12.5. The minimum absolute atomic E-state index is 0.0228. The second kappa shape index (κ2) is 10.6. The van der Waals surface area contributed by atoms with Gasteiger partial charge in [0.2, 0.25) is 0 Å². The van der Waals surface area contributed by atoms with Gasteiger partial charge in [-0.1, -0.05) is 18.6 Å². The first-order valence-electron chi connectivity index (χ1n) is 10.3. The fourth-order valence-corrected chi connectivity index (χ4v) is 3.80. The second-order valence-electron chi connectivity index (χ2n) is 7.64. The second-order valence-corrected chi connectivity index (χ2v) is 8.05. The Labute approximate surface area is 197 Å². The zero-order chi connectivity index (χ0) is 24.9. The van der Waals surface area contributed by atoms with Crippen LogP contribution in [-0.2, 0) is 4.74 Å². The average Bonchev–Trinajstić information content (AvgIpc) is 2.79. The molecule has 8 nitrogen and oxygen atoms in total. The van der Waals surface area contributed by atoms with Crippen LogP contribution < -0.4 is 10.6 Å². The molecular formula is C22H20F3N3O5S. The van der Waals surface area contributed by atoms with E-state index < -0.39 is 34.5 Å². The number of nitro benzene ring substituents is 1. The molecule has 0 bridgehead atoms. The van der Waals surface area contributed by atoms with Crippen molar-refractivity contribution < 1.29 is 32.4 Å². The van der Waals surface area contributed by atoms with Crippen molar-refractivity contribution in [3.63, 3.8) is 0 Å². The number of carbonyl (C=O) groups excluding carboxylic acids is 2. The Kier molecular flexibility index (Phi) is 7.82. The van der Waals surface area contributed by atoms with Crippen LogP contribution in [0.3, 0.4) is 0 Å². The minimum atomic E-state index is -5.00. The third kappa shape index (κ3) is 6.50. The maximum atomic E-state index is 12.5. The summed E-state index contributed by atoms with van der Waals surface area (Å²) >= 11 is 5.31. The lowest BCUT2D eigenvalue weighted by Crippen LogP contribution is -2.48. The van der Waals surface area contributed by atoms with Crippen molar-refractivity contribution in [3.8, 4) is 0 Å². The number of nitrogens with zero attached hydrogens (tertiary/aromatic N) is 1. The van der Waals surface area contributed by atoms with Gasteiger partial charge in [-0.05, 0) is 55.7 Å². The van der Waals surface area contributed by atoms with Crippen molar-refractivity contribution in [2.45, 2.75) is 44.0 Å². The molecule has 1 saturated carbocycles. The third-order valence-electron chi connectivity index (χ3n) is 5.25. The topological polar surface area (TPSA) is 111 Å². The van der Waals surface area contributed by atoms with E-state index in [0.717, 1.165) is 37.1 Å². The van der Waals surface area contributed by atoms with Gasteiger partial charge in [-0.15, -0.1) is 0 Å². The number of ketones is 1. The number of anilines is 1. The molecule has 0 aromatic heterocycles. The van der Waals surface area contributed by atoms with E-state index in [2.05, 4.69) is 10.6 Å². The summed E-state index contributed by atoms with van der Waals surface area (Å²) in [7, 11) is 0. The van der Waals surface area contributed by atoms with E-state index in [-0.39, 0.29) is 22.4 Å². The maximum Gasteiger partial charge on any atom is 0.454 e. The summed E-state index contributed by atoms with van der Waals surface area (Å²) in [6.07, 6.45) is -2.61. The van der Waals surface area contributed by atoms with Crippen LogP contribution in [0.1, 0.15) is 46.4 Å². The monoisotopic (exact) mass is 495 g/mol. The van der Waals surface area contributed by atoms with Crippen molar-refractivity contribution in [1.82, 2.24) is 5.32 Å². The first-order chi connectivity index (χ1) is 16.0. The number of halogens is 3. The zero-order valence-corrected chi connectivity index (χ0v) is 18.4. The number of ether oxygens (including phenoxy) is 1. The molecule has 0 spiro atoms. The van der Waals surface area contributed by atoms with Gasteiger partial charge in [0.25, 0.3) is 11.5 Å². The van der Waals surface area contributed by atoms with Crippen LogP contribution in [0.25, 0.3) is 0 Å². The molecule has 1 aliphatic carbocycles. The van der Waals surface area contributed by atoms with Gasteiger partial charge in [-0.25, -0.2) is 4.79 Å². The van der Waals surface area contributed by atoms with E-state index in [1.54, 1.807) is 0 Å². The molecule has 2 unspecified atom stereocenters. The molecule has 2 aromatic carbocycles. The van der Waals surface area contributed by atoms with Gasteiger partial charge < -0.3 is 15.4 Å². The highest BCUT2D eigenvalue weighted by Gasteiger charge is 2.39. The van der Waals surface area contributed by atoms with E-state index in [1.807, 2.05) is 0 Å². The number of rotatable bonds is 6. The number of nitro groups is 1. The number of thiocarbonyl (C=S) groups is 1. The van der Waals surface area contributed by atoms with Crippen molar-refractivity contribution in [2.24, 2.45) is 0 Å². The van der Waals surface area contributed by atoms with Crippen molar-refractivity contribution in [1.29, 1.82) is 0 Å². The van der Waals surface area contributed by atoms with E-state index in [4.69, 9.17) is 17.0 Å². The molecule has 2 atom stereocenters. The first kappa shape index (κ1) is 25.1. The average molecular weight is 495 g/mol. The summed E-state index contributed by atoms with van der Waals surface area (Å²) in [6, 6.07) is 9.50. The predicted molar refractivity (Wildman–Crippen MR) is 121 cm³/mol. The molecule has 2 N–H and O–H groups in total. The lowest BCUT2D eigenvalue weighted by atomic mass is 9.92. The Balaban J connectivity index is 1.60. The molecule has 1 fully saturated rings. The molecule has 0 aliphatic heterocycles. The first-order valence-corrected chi connectivity index (χ1v) is 10.7. The summed E-state index contributed by atoms with van der Waals surface area (Å²) in [5.41, 5.74) is -0.0565. The van der Waals surface area contributed by atoms with E-state index >= 15 is 0 Å². The van der Waals surface area contributed by atoms with E-state index in [1.165, 1.54) is 24.3 Å². The predicted octanol–water partition coefficient (Wildman–Crippen LogP) is 4.79. The van der Waals surface area contributed by atoms with Crippen LogP contribution in [-0.4, -0.2) is 40.1 Å². The van der Waals surface area contributed by atoms with Gasteiger partial charge in [0.15, 0.2) is 5.11 Å². The number of esters is 1. The molecule has 2 aromatic rings. The zero-order valence-electron chi connectivity index (χ0n) is 17.6. The summed E-state index contributed by atoms with van der Waals surface area (Å²) in [5, 5.41) is 17.0. The van der Waals surface area contributed by atoms with Crippen molar-refractivity contribution >= 4 is 40.5 Å². The Morgan fingerprint density at radius 2 is 1.59 bits per heavy atom. The SMILES string of the molecule is O=C(OC1CCCCC1NC(=S)Nc1ccc([N+](=O)[O-])cc1)c1ccc(C(=O)C(F)(F)F)cc1. The lowest BCUT2D eigenvalue weighted by molar-refractivity contribution is -0.384. The Hall–Kier alpha value is -3.54. The molecule has 0 radical (unpaired) electrons. The van der Waals surface area contributed by atoms with Gasteiger partial charge >= 0.3 is 12.1 Å². The van der Waals surface area contributed by atoms with Crippen molar-refractivity contribution in [2.75, 3.05) is 5.32 Å². The van der Waals surface area contributed by atoms with Crippen molar-refractivity contribution in [3.05, 3.63) is 69.8 Å². The molecule has 0 amide bonds. The number of nitrogens with one attached hydrogen (secondary N) is 2. The standard InChI is InChI=1S/C22H20F3N3O5S/c23-22(24,25)19(29)13-5-7-14(8-6-13)20(30)33-18-4-2-1-3-17(18)27-21(34)26-15-9-11-16(12-10-15)28(31)32/h5-12,17-18H,1-4H2,(H2,26,27,34). The van der Waals surface area contributed by atoms with Gasteiger partial charge in [0, 0.05) is 23.4 Å². The summed E-state index contributed by atoms with van der Waals surface area (Å²) in [5.74, 6) is -2.71. The Bertz CT molecular complexity index is 1070. The number of carbonyl (C=O) groups is 2. The Morgan fingerprint density at radius 3 is 2.18 bits per heavy atom. The lowest BCUT2D eigenvalue weighted by Gasteiger charge is -2.32. The third-order valence-corrected chi connectivity index (χ3v) is 5.47. The number of benzene rings is 2. The molecule has 180 valence electrons. The molecular weight excluding hydrogens is 475 g/mol. The van der Waals surface area contributed by atoms with Gasteiger partial charge in [-0.2, -0.15) is 13.2 Å². The molecule has 1 aliphatic rings. The van der Waals surface area contributed by atoms with Crippen LogP contribution >= 0.6 is 12.2 Å². The molecule has 0 heterocycles. The van der Waals surface area contributed by atoms with E-state index in [9.17, 15) is 32.9 Å². The smallest absolute Gasteiger partial charge is 0.454 e. The van der Waals surface area contributed by atoms with Crippen LogP contribution in [0.4, 0.5) is 24.5 Å². The molecule has 12 heteroatoms. The van der Waals surface area contributed by atoms with Gasteiger partial charge in [0.1, 0.15) is 6.10 Å². The molecule has 3 rings (SSSR count). The quantitative estimate of drug-likeness (QED) is 0.193. The highest BCUT2D eigenvalue weighted by Crippen LogP contribution is 2.24. The molecule has 34 heavy (non-hydrogen) atoms. The van der Waals surface area contributed by atoms with Gasteiger partial charge in [-0.3, -0.25) is 14.9 Å². The fraction of sp³-hybridized carbons (Fsp3) is 0.318. The number of Topliss-reactive ketones (excluding diaryl/α,β-unsaturated/α-hetero) is 1. The summed E-state index contributed by atoms with van der Waals surface area (Å²) in [6.45, 7) is 0. The Morgan fingerprint density at radius 1 is 1.00 bits per heavy atom. The van der Waals surface area contributed by atoms with Crippen LogP contribution in [0.5, 0.6) is 0 Å². The number of non-ortho nitro benzene ring substituents is 1. The van der Waals surface area contributed by atoms with Crippen LogP contribution in [0.15, 0.2) is 48.5 Å². The van der Waals surface area contributed by atoms with Crippen LogP contribution in [0.2, 0.25) is 0 Å². The van der Waals surface area contributed by atoms with E-state index in [0.29, 0.717) is 18.5 Å². The number of hydrogen-bond donors (Lipinski definition) is 2. The summed E-state index contributed by atoms with van der Waals surface area (Å²) in [4.78, 5) is 34.1. The van der Waals surface area contributed by atoms with Gasteiger partial charge in [0.05, 0.1) is 16.5 Å². The number of hydrogen-bond acceptors (Lipinski definition) is 6. The summed E-state index contributed by atoms with van der Waals surface area (Å²) < 4.78 is 43.2. The number of alkyl halides is 3. The normalized spacial score (nSPS) is 18.0. The largest absolute Gasteiger partial charge is 0.457 e. The highest BCUT2D eigenvalue weighted by atomic mass is 32.1. The minimum Gasteiger partial charge on any atom is -0.457 e. The van der Waals surface area contributed by atoms with Crippen LogP contribution in [0, 0.1) is 10.1 Å². The fourth-order valence-electron chi connectivity index (χ4n) is 3.53.